The predicted molar refractivity (Wildman–Crippen MR) is 148 cm³/mol. The smallest absolute Gasteiger partial charge is 0.416 e. The number of halogens is 4. The number of anilines is 1. The fourth-order valence-electron chi connectivity index (χ4n) is 3.83. The summed E-state index contributed by atoms with van der Waals surface area (Å²) in [5.41, 5.74) is 0.452. The van der Waals surface area contributed by atoms with Gasteiger partial charge < -0.3 is 25.4 Å². The lowest BCUT2D eigenvalue weighted by Crippen LogP contribution is -2.35. The van der Waals surface area contributed by atoms with Crippen LogP contribution in [-0.2, 0) is 17.4 Å². The minimum absolute atomic E-state index is 0.127. The maximum absolute atomic E-state index is 15.0. The molecule has 212 valence electrons. The number of fused-ring (bicyclic) bond motifs is 1. The quantitative estimate of drug-likeness (QED) is 0.191. The van der Waals surface area contributed by atoms with Crippen molar-refractivity contribution in [3.8, 4) is 17.2 Å². The van der Waals surface area contributed by atoms with Gasteiger partial charge in [0.15, 0.2) is 16.7 Å². The molecule has 13 heteroatoms. The van der Waals surface area contributed by atoms with E-state index in [9.17, 15) is 27.2 Å². The molecule has 1 heterocycles. The molecule has 0 spiro atoms. The third kappa shape index (κ3) is 7.06. The van der Waals surface area contributed by atoms with Crippen LogP contribution in [0.25, 0.3) is 10.9 Å². The summed E-state index contributed by atoms with van der Waals surface area (Å²) in [5, 5.41) is 7.92. The Balaban J connectivity index is 1.43. The Hall–Kier alpha value is -4.78. The summed E-state index contributed by atoms with van der Waals surface area (Å²) in [6.45, 7) is 0. The maximum Gasteiger partial charge on any atom is 0.416 e. The van der Waals surface area contributed by atoms with E-state index in [2.05, 4.69) is 20.9 Å². The van der Waals surface area contributed by atoms with E-state index in [1.807, 2.05) is 0 Å². The van der Waals surface area contributed by atoms with Gasteiger partial charge in [0.05, 0.1) is 30.2 Å². The number of hydrogen-bond acceptors (Lipinski definition) is 6. The lowest BCUT2D eigenvalue weighted by molar-refractivity contribution is -0.137. The number of methoxy groups -OCH3 is 1. The highest BCUT2D eigenvalue weighted by molar-refractivity contribution is 7.80. The number of pyridine rings is 1. The third-order valence-electron chi connectivity index (χ3n) is 5.80. The van der Waals surface area contributed by atoms with E-state index < -0.39 is 23.5 Å². The van der Waals surface area contributed by atoms with Gasteiger partial charge in [0.2, 0.25) is 5.91 Å². The van der Waals surface area contributed by atoms with E-state index >= 15 is 0 Å². The first-order valence-electron chi connectivity index (χ1n) is 11.9. The average molecular weight is 587 g/mol. The number of benzene rings is 3. The highest BCUT2D eigenvalue weighted by atomic mass is 32.1. The number of rotatable bonds is 7. The molecule has 0 fully saturated rings. The fourth-order valence-corrected chi connectivity index (χ4v) is 4.06. The molecule has 0 saturated carbocycles. The molecule has 3 aromatic carbocycles. The lowest BCUT2D eigenvalue weighted by Gasteiger charge is -2.14. The topological polar surface area (TPSA) is 102 Å². The van der Waals surface area contributed by atoms with Crippen molar-refractivity contribution in [2.24, 2.45) is 0 Å². The summed E-state index contributed by atoms with van der Waals surface area (Å²) in [7, 11) is 2.91. The van der Waals surface area contributed by atoms with Gasteiger partial charge in [-0.15, -0.1) is 0 Å². The first kappa shape index (κ1) is 29.2. The van der Waals surface area contributed by atoms with Crippen molar-refractivity contribution in [3.63, 3.8) is 0 Å². The second-order valence-corrected chi connectivity index (χ2v) is 8.99. The number of amides is 2. The minimum Gasteiger partial charge on any atom is -0.496 e. The Morgan fingerprint density at radius 2 is 1.71 bits per heavy atom. The summed E-state index contributed by atoms with van der Waals surface area (Å²) in [6, 6.07) is 12.7. The summed E-state index contributed by atoms with van der Waals surface area (Å²) in [6.07, 6.45) is -3.22. The number of nitrogens with zero attached hydrogens (tertiary/aromatic N) is 1. The molecule has 1 aromatic heterocycles. The number of nitrogens with one attached hydrogen (secondary N) is 3. The van der Waals surface area contributed by atoms with Crippen molar-refractivity contribution < 1.29 is 36.6 Å². The van der Waals surface area contributed by atoms with Gasteiger partial charge in [-0.1, -0.05) is 12.1 Å². The zero-order valence-corrected chi connectivity index (χ0v) is 22.4. The van der Waals surface area contributed by atoms with Gasteiger partial charge >= 0.3 is 6.18 Å². The van der Waals surface area contributed by atoms with Crippen LogP contribution in [0.5, 0.6) is 17.2 Å². The number of ether oxygens (including phenoxy) is 2. The van der Waals surface area contributed by atoms with Gasteiger partial charge in [0.25, 0.3) is 5.91 Å². The normalized spacial score (nSPS) is 11.1. The summed E-state index contributed by atoms with van der Waals surface area (Å²) in [4.78, 5) is 28.8. The lowest BCUT2D eigenvalue weighted by atomic mass is 10.1. The second kappa shape index (κ2) is 12.2. The van der Waals surface area contributed by atoms with Crippen LogP contribution in [0, 0.1) is 5.82 Å². The van der Waals surface area contributed by atoms with Gasteiger partial charge in [-0.2, -0.15) is 13.2 Å². The molecule has 0 atom stereocenters. The molecule has 4 rings (SSSR count). The molecular weight excluding hydrogens is 564 g/mol. The van der Waals surface area contributed by atoms with Crippen molar-refractivity contribution in [2.75, 3.05) is 19.5 Å². The van der Waals surface area contributed by atoms with Crippen molar-refractivity contribution >= 4 is 45.7 Å². The van der Waals surface area contributed by atoms with Crippen LogP contribution in [0.15, 0.2) is 66.9 Å². The maximum atomic E-state index is 15.0. The van der Waals surface area contributed by atoms with Crippen molar-refractivity contribution in [1.82, 2.24) is 15.6 Å². The van der Waals surface area contributed by atoms with Gasteiger partial charge in [-0.25, -0.2) is 4.39 Å². The molecule has 4 aromatic rings. The SMILES string of the molecule is CNC(=O)c1cc2c(Oc3ccc(NC(=S)NC(=O)Cc4ccc(C(F)(F)F)cc4)cc3F)ccnc2cc1OC. The van der Waals surface area contributed by atoms with E-state index in [4.69, 9.17) is 21.7 Å². The summed E-state index contributed by atoms with van der Waals surface area (Å²) in [5.74, 6) is -1.28. The second-order valence-electron chi connectivity index (χ2n) is 8.58. The van der Waals surface area contributed by atoms with Gasteiger partial charge in [0, 0.05) is 36.5 Å². The average Bonchev–Trinajstić information content (AvgIpc) is 2.93. The van der Waals surface area contributed by atoms with Crippen LogP contribution in [0.4, 0.5) is 23.2 Å². The van der Waals surface area contributed by atoms with E-state index in [1.165, 1.54) is 56.8 Å². The molecule has 0 radical (unpaired) electrons. The van der Waals surface area contributed by atoms with E-state index in [1.54, 1.807) is 6.07 Å². The number of aromatic nitrogens is 1. The number of thiocarbonyl (C=S) groups is 1. The van der Waals surface area contributed by atoms with E-state index in [-0.39, 0.29) is 40.2 Å². The Labute approximate surface area is 236 Å². The standard InChI is InChI=1S/C28H22F4N4O4S/c1-33-26(38)19-13-18-21(14-24(19)39-2)34-10-9-22(18)40-23-8-7-17(12-20(23)29)35-27(41)36-25(37)11-15-3-5-16(6-4-15)28(30,31)32/h3-10,12-14H,11H2,1-2H3,(H,33,38)(H2,35,36,37,41). The highest BCUT2D eigenvalue weighted by Crippen LogP contribution is 2.35. The monoisotopic (exact) mass is 586 g/mol. The summed E-state index contributed by atoms with van der Waals surface area (Å²) < 4.78 is 64.2. The Morgan fingerprint density at radius 3 is 2.34 bits per heavy atom. The Kier molecular flexibility index (Phi) is 8.67. The molecule has 0 aliphatic rings. The number of hydrogen-bond donors (Lipinski definition) is 3. The van der Waals surface area contributed by atoms with Crippen molar-refractivity contribution in [1.29, 1.82) is 0 Å². The Bertz CT molecular complexity index is 1630. The third-order valence-corrected chi connectivity index (χ3v) is 6.01. The van der Waals surface area contributed by atoms with E-state index in [0.29, 0.717) is 22.2 Å². The Morgan fingerprint density at radius 1 is 0.976 bits per heavy atom. The van der Waals surface area contributed by atoms with Gasteiger partial charge in [0.1, 0.15) is 11.5 Å². The zero-order chi connectivity index (χ0) is 29.7. The molecule has 0 aliphatic heterocycles. The first-order chi connectivity index (χ1) is 19.5. The van der Waals surface area contributed by atoms with Crippen LogP contribution < -0.4 is 25.4 Å². The van der Waals surface area contributed by atoms with Crippen LogP contribution >= 0.6 is 12.2 Å². The fraction of sp³-hybridized carbons (Fsp3) is 0.143. The molecule has 0 unspecified atom stereocenters. The molecule has 0 saturated heterocycles. The van der Waals surface area contributed by atoms with Crippen molar-refractivity contribution in [3.05, 3.63) is 89.4 Å². The number of alkyl halides is 3. The number of carbonyl (C=O) groups excluding carboxylic acids is 2. The van der Waals surface area contributed by atoms with Crippen molar-refractivity contribution in [2.45, 2.75) is 12.6 Å². The molecule has 0 aliphatic carbocycles. The minimum atomic E-state index is -4.47. The molecule has 2 amide bonds. The van der Waals surface area contributed by atoms with E-state index in [0.717, 1.165) is 18.2 Å². The number of carbonyl (C=O) groups is 2. The van der Waals surface area contributed by atoms with Gasteiger partial charge in [-0.05, 0) is 54.2 Å². The highest BCUT2D eigenvalue weighted by Gasteiger charge is 2.30. The molecular formula is C28H22F4N4O4S. The van der Waals surface area contributed by atoms with Crippen LogP contribution in [0.2, 0.25) is 0 Å². The van der Waals surface area contributed by atoms with Crippen LogP contribution in [-0.4, -0.2) is 36.1 Å². The van der Waals surface area contributed by atoms with Gasteiger partial charge in [-0.3, -0.25) is 14.6 Å². The largest absolute Gasteiger partial charge is 0.496 e. The van der Waals surface area contributed by atoms with Crippen LogP contribution in [0.1, 0.15) is 21.5 Å². The van der Waals surface area contributed by atoms with Crippen LogP contribution in [0.3, 0.4) is 0 Å². The zero-order valence-electron chi connectivity index (χ0n) is 21.6. The molecule has 3 N–H and O–H groups in total. The predicted octanol–water partition coefficient (Wildman–Crippen LogP) is 5.61. The molecule has 41 heavy (non-hydrogen) atoms. The first-order valence-corrected chi connectivity index (χ1v) is 12.3. The molecule has 8 nitrogen and oxygen atoms in total. The summed E-state index contributed by atoms with van der Waals surface area (Å²) >= 11 is 5.10. The molecule has 0 bridgehead atoms.